The summed E-state index contributed by atoms with van der Waals surface area (Å²) in [5.74, 6) is 1.13. The molecule has 0 amide bonds. The number of aromatic nitrogens is 4. The number of nitrogens with two attached hydrogens (primary N) is 1. The van der Waals surface area contributed by atoms with Crippen LogP contribution in [0.25, 0.3) is 11.4 Å². The summed E-state index contributed by atoms with van der Waals surface area (Å²) in [7, 11) is 0. The molecule has 3 N–H and O–H groups in total. The molecule has 4 fully saturated rings. The number of allylic oxidation sites excluding steroid dienone is 1. The van der Waals surface area contributed by atoms with Gasteiger partial charge in [0.2, 0.25) is 0 Å². The van der Waals surface area contributed by atoms with Crippen LogP contribution >= 0.6 is 0 Å². The molecule has 2 aromatic rings. The molecule has 2 bridgehead atoms. The van der Waals surface area contributed by atoms with Gasteiger partial charge in [-0.1, -0.05) is 80.9 Å². The van der Waals surface area contributed by atoms with E-state index >= 15 is 4.39 Å². The molecule has 2 aromatic heterocycles. The monoisotopic (exact) mass is 764 g/mol. The van der Waals surface area contributed by atoms with Gasteiger partial charge >= 0.3 is 6.16 Å². The fraction of sp³-hybridized carbons (Fsp3) is 0.773. The fourth-order valence-electron chi connectivity index (χ4n) is 12.6. The van der Waals surface area contributed by atoms with Gasteiger partial charge in [-0.3, -0.25) is 4.98 Å². The summed E-state index contributed by atoms with van der Waals surface area (Å²) in [6, 6.07) is 1.36. The first-order chi connectivity index (χ1) is 25.6. The zero-order chi connectivity index (χ0) is 40.1. The predicted octanol–water partition coefficient (Wildman–Crippen LogP) is 9.12. The van der Waals surface area contributed by atoms with E-state index in [4.69, 9.17) is 25.0 Å². The van der Waals surface area contributed by atoms with Gasteiger partial charge in [-0.25, -0.2) is 18.9 Å². The van der Waals surface area contributed by atoms with Crippen LogP contribution in [0.2, 0.25) is 0 Å². The van der Waals surface area contributed by atoms with Gasteiger partial charge in [0, 0.05) is 33.4 Å². The van der Waals surface area contributed by atoms with Crippen molar-refractivity contribution in [1.29, 1.82) is 0 Å². The van der Waals surface area contributed by atoms with Gasteiger partial charge in [0.1, 0.15) is 12.4 Å². The average molecular weight is 764 g/mol. The van der Waals surface area contributed by atoms with Crippen molar-refractivity contribution in [2.75, 3.05) is 19.8 Å². The third-order valence-electron chi connectivity index (χ3n) is 17.1. The first-order valence-corrected chi connectivity index (χ1v) is 20.7. The van der Waals surface area contributed by atoms with Crippen molar-refractivity contribution in [3.05, 3.63) is 42.3 Å². The SMILES string of the molecule is CC(C)[C@@H](C)[C@@]1(C)CC[C@]2(C)[C@H]3CC[C@@H]4[C@@]5(COC[C@@]4(C)[C@@H](OC[C@](C)(N)C(C)(C)C)[C@H](n4ncnc4-c4ccncc4F)C5)C3=CC[C@]2(C)[C@@H]1OC(=O)O. The second-order valence-corrected chi connectivity index (χ2v) is 20.9. The molecule has 12 atom stereocenters. The molecule has 11 heteroatoms. The first kappa shape index (κ1) is 40.3. The Kier molecular flexibility index (Phi) is 9.77. The first-order valence-electron chi connectivity index (χ1n) is 20.7. The van der Waals surface area contributed by atoms with E-state index in [2.05, 4.69) is 92.2 Å². The van der Waals surface area contributed by atoms with E-state index in [-0.39, 0.29) is 51.6 Å². The van der Waals surface area contributed by atoms with Gasteiger partial charge < -0.3 is 25.1 Å². The van der Waals surface area contributed by atoms with E-state index in [0.717, 1.165) is 32.1 Å². The molecule has 0 unspecified atom stereocenters. The minimum atomic E-state index is -1.19. The molecule has 10 nitrogen and oxygen atoms in total. The third kappa shape index (κ3) is 5.85. The molecular formula is C44H66FN5O5. The Hall–Kier alpha value is -2.89. The summed E-state index contributed by atoms with van der Waals surface area (Å²) in [4.78, 5) is 21.2. The molecule has 3 saturated carbocycles. The molecule has 304 valence electrons. The normalized spacial score (nSPS) is 40.3. The number of halogens is 1. The summed E-state index contributed by atoms with van der Waals surface area (Å²) in [6.07, 6.45) is 10.1. The van der Waals surface area contributed by atoms with E-state index in [1.807, 2.05) is 4.68 Å². The molecular weight excluding hydrogens is 698 g/mol. The van der Waals surface area contributed by atoms with Gasteiger partial charge in [0.05, 0.1) is 43.7 Å². The Morgan fingerprint density at radius 3 is 2.49 bits per heavy atom. The molecule has 0 radical (unpaired) electrons. The Labute approximate surface area is 327 Å². The number of ether oxygens (including phenoxy) is 3. The van der Waals surface area contributed by atoms with Crippen molar-refractivity contribution in [3.63, 3.8) is 0 Å². The number of fused-ring (bicyclic) bond motifs is 3. The zero-order valence-electron chi connectivity index (χ0n) is 35.1. The van der Waals surface area contributed by atoms with Crippen molar-refractivity contribution < 1.29 is 28.5 Å². The highest BCUT2D eigenvalue weighted by Gasteiger charge is 2.72. The highest BCUT2D eigenvalue weighted by Crippen LogP contribution is 2.74. The summed E-state index contributed by atoms with van der Waals surface area (Å²) in [5.41, 5.74) is 6.24. The number of rotatable bonds is 8. The standard InChI is InChI=1S/C44H66FN5O5/c1-26(2)27(3)39(7)17-18-41(9)29-12-13-33-40(8)22-53-24-44(33,30(29)14-16-42(41,10)36(39)55-37(51)52)20-32(34(40)54-23-43(11,46)38(4,5)6)50-35(48-25-49-50)28-15-19-47-21-31(28)45/h14-15,19,21,25-27,29,32-34,36H,12-13,16-18,20,22-24,46H2,1-11H3,(H,51,52)/t27-,29+,32-,33+,34+,36-,39-,40-,41-,42-,43+,44+/m1/s1. The summed E-state index contributed by atoms with van der Waals surface area (Å²) < 4.78 is 37.4. The number of hydrogen-bond donors (Lipinski definition) is 2. The predicted molar refractivity (Wildman–Crippen MR) is 209 cm³/mol. The molecule has 0 aromatic carbocycles. The van der Waals surface area contributed by atoms with Crippen LogP contribution in [0.1, 0.15) is 121 Å². The topological polar surface area (TPSA) is 135 Å². The van der Waals surface area contributed by atoms with E-state index in [0.29, 0.717) is 43.5 Å². The summed E-state index contributed by atoms with van der Waals surface area (Å²) >= 11 is 0. The molecule has 0 spiro atoms. The van der Waals surface area contributed by atoms with Crippen molar-refractivity contribution in [3.8, 4) is 11.4 Å². The van der Waals surface area contributed by atoms with Gasteiger partial charge in [0.15, 0.2) is 11.6 Å². The summed E-state index contributed by atoms with van der Waals surface area (Å²) in [5, 5.41) is 15.1. The quantitative estimate of drug-likeness (QED) is 0.199. The van der Waals surface area contributed by atoms with Crippen LogP contribution in [-0.4, -0.2) is 68.6 Å². The Balaban J connectivity index is 1.36. The lowest BCUT2D eigenvalue weighted by atomic mass is 9.35. The number of pyridine rings is 1. The van der Waals surface area contributed by atoms with E-state index < -0.39 is 34.4 Å². The maximum Gasteiger partial charge on any atom is 0.506 e. The van der Waals surface area contributed by atoms with E-state index in [1.54, 1.807) is 12.3 Å². The lowest BCUT2D eigenvalue weighted by molar-refractivity contribution is -0.257. The third-order valence-corrected chi connectivity index (χ3v) is 17.1. The molecule has 4 aliphatic carbocycles. The van der Waals surface area contributed by atoms with Crippen LogP contribution in [0.5, 0.6) is 0 Å². The molecule has 1 saturated heterocycles. The van der Waals surface area contributed by atoms with Crippen LogP contribution in [0.3, 0.4) is 0 Å². The van der Waals surface area contributed by atoms with E-state index in [9.17, 15) is 9.90 Å². The number of nitrogens with zero attached hydrogens (tertiary/aromatic N) is 4. The highest BCUT2D eigenvalue weighted by molar-refractivity contribution is 5.57. The van der Waals surface area contributed by atoms with Crippen molar-refractivity contribution in [2.24, 2.45) is 61.9 Å². The van der Waals surface area contributed by atoms with Gasteiger partial charge in [0.25, 0.3) is 0 Å². The molecule has 5 aliphatic rings. The van der Waals surface area contributed by atoms with Crippen LogP contribution < -0.4 is 5.73 Å². The Morgan fingerprint density at radius 1 is 1.11 bits per heavy atom. The van der Waals surface area contributed by atoms with Crippen LogP contribution in [-0.2, 0) is 14.2 Å². The van der Waals surface area contributed by atoms with E-state index in [1.165, 1.54) is 18.1 Å². The Morgan fingerprint density at radius 2 is 1.84 bits per heavy atom. The van der Waals surface area contributed by atoms with Crippen LogP contribution in [0.15, 0.2) is 36.4 Å². The lowest BCUT2D eigenvalue weighted by Crippen LogP contribution is -2.70. The number of carbonyl (C=O) groups is 1. The smallest absolute Gasteiger partial charge is 0.450 e. The average Bonchev–Trinajstić information content (AvgIpc) is 3.59. The van der Waals surface area contributed by atoms with Crippen molar-refractivity contribution in [1.82, 2.24) is 19.7 Å². The number of carboxylic acid groups (broad SMARTS) is 1. The van der Waals surface area contributed by atoms with Crippen LogP contribution in [0, 0.1) is 62.0 Å². The highest BCUT2D eigenvalue weighted by atomic mass is 19.1. The molecule has 3 heterocycles. The fourth-order valence-corrected chi connectivity index (χ4v) is 12.6. The van der Waals surface area contributed by atoms with Crippen molar-refractivity contribution >= 4 is 6.16 Å². The van der Waals surface area contributed by atoms with Crippen molar-refractivity contribution in [2.45, 2.75) is 138 Å². The zero-order valence-corrected chi connectivity index (χ0v) is 35.1. The lowest BCUT2D eigenvalue weighted by Gasteiger charge is -2.71. The Bertz CT molecular complexity index is 1820. The maximum atomic E-state index is 15.5. The van der Waals surface area contributed by atoms with Gasteiger partial charge in [-0.05, 0) is 86.0 Å². The molecule has 55 heavy (non-hydrogen) atoms. The maximum absolute atomic E-state index is 15.5. The molecule has 7 rings (SSSR count). The molecule has 1 aliphatic heterocycles. The van der Waals surface area contributed by atoms with Gasteiger partial charge in [-0.2, -0.15) is 5.10 Å². The second kappa shape index (κ2) is 13.3. The van der Waals surface area contributed by atoms with Crippen LogP contribution in [0.4, 0.5) is 9.18 Å². The number of hydrogen-bond acceptors (Lipinski definition) is 8. The minimum absolute atomic E-state index is 0.212. The largest absolute Gasteiger partial charge is 0.506 e. The minimum Gasteiger partial charge on any atom is -0.450 e. The van der Waals surface area contributed by atoms with Gasteiger partial charge in [-0.15, -0.1) is 0 Å². The second-order valence-electron chi connectivity index (χ2n) is 20.9. The summed E-state index contributed by atoms with van der Waals surface area (Å²) in [6.45, 7) is 26.0.